The Labute approximate surface area is 169 Å². The Balaban J connectivity index is 2.05. The van der Waals surface area contributed by atoms with Crippen molar-refractivity contribution < 1.29 is 13.0 Å². The molecule has 5 rings (SSSR count). The molecule has 0 bridgehead atoms. The minimum Gasteiger partial charge on any atom is -0.354 e. The number of benzene rings is 3. The monoisotopic (exact) mass is 420 g/mol. The molecule has 150 valence electrons. The van der Waals surface area contributed by atoms with Gasteiger partial charge in [-0.25, -0.2) is 0 Å². The van der Waals surface area contributed by atoms with E-state index in [0.29, 0.717) is 38.3 Å². The minimum absolute atomic E-state index is 0.00399. The van der Waals surface area contributed by atoms with E-state index in [0.717, 1.165) is 5.56 Å². The summed E-state index contributed by atoms with van der Waals surface area (Å²) in [6, 6.07) is 11.2. The van der Waals surface area contributed by atoms with Gasteiger partial charge < -0.3 is 9.97 Å². The fourth-order valence-electron chi connectivity index (χ4n) is 4.12. The van der Waals surface area contributed by atoms with E-state index in [1.165, 1.54) is 18.2 Å². The molecule has 7 nitrogen and oxygen atoms in total. The first-order valence-corrected chi connectivity index (χ1v) is 10.6. The van der Waals surface area contributed by atoms with Crippen molar-refractivity contribution in [3.05, 3.63) is 74.0 Å². The molecular weight excluding hydrogens is 404 g/mol. The van der Waals surface area contributed by atoms with E-state index in [9.17, 15) is 22.6 Å². The maximum absolute atomic E-state index is 13.2. The predicted octanol–water partition coefficient (Wildman–Crippen LogP) is 3.54. The first-order chi connectivity index (χ1) is 14.2. The van der Waals surface area contributed by atoms with Crippen LogP contribution in [0.25, 0.3) is 43.6 Å². The third kappa shape index (κ3) is 2.51. The lowest BCUT2D eigenvalue weighted by Crippen LogP contribution is -2.12. The van der Waals surface area contributed by atoms with E-state index in [-0.39, 0.29) is 26.7 Å². The van der Waals surface area contributed by atoms with E-state index in [2.05, 4.69) is 9.97 Å². The summed E-state index contributed by atoms with van der Waals surface area (Å²) in [5.74, 6) is 0. The maximum atomic E-state index is 13.2. The van der Waals surface area contributed by atoms with E-state index >= 15 is 0 Å². The van der Waals surface area contributed by atoms with Crippen LogP contribution in [0.5, 0.6) is 0 Å². The van der Waals surface area contributed by atoms with Crippen molar-refractivity contribution in [2.24, 2.45) is 0 Å². The van der Waals surface area contributed by atoms with E-state index in [1.807, 2.05) is 19.1 Å². The van der Waals surface area contributed by atoms with E-state index in [4.69, 9.17) is 0 Å². The van der Waals surface area contributed by atoms with E-state index < -0.39 is 10.1 Å². The maximum Gasteiger partial charge on any atom is 0.296 e. The highest BCUT2D eigenvalue weighted by Crippen LogP contribution is 2.27. The van der Waals surface area contributed by atoms with Gasteiger partial charge in [-0.3, -0.25) is 14.1 Å². The molecule has 8 heteroatoms. The number of nitrogens with one attached hydrogen (secondary N) is 2. The zero-order valence-electron chi connectivity index (χ0n) is 16.0. The molecule has 3 aromatic carbocycles. The predicted molar refractivity (Wildman–Crippen MR) is 117 cm³/mol. The molecule has 0 aliphatic rings. The number of rotatable bonds is 1. The lowest BCUT2D eigenvalue weighted by molar-refractivity contribution is 0.484. The highest BCUT2D eigenvalue weighted by Gasteiger charge is 2.19. The number of aryl methyl sites for hydroxylation is 2. The van der Waals surface area contributed by atoms with Crippen LogP contribution < -0.4 is 10.9 Å². The fraction of sp³-hybridized carbons (Fsp3) is 0.0909. The van der Waals surface area contributed by atoms with Gasteiger partial charge in [0.25, 0.3) is 10.1 Å². The second kappa shape index (κ2) is 6.01. The van der Waals surface area contributed by atoms with Crippen LogP contribution in [-0.4, -0.2) is 22.9 Å². The highest BCUT2D eigenvalue weighted by molar-refractivity contribution is 7.86. The Bertz CT molecular complexity index is 1780. The summed E-state index contributed by atoms with van der Waals surface area (Å²) >= 11 is 0. The van der Waals surface area contributed by atoms with Crippen LogP contribution in [-0.2, 0) is 10.1 Å². The zero-order chi connectivity index (χ0) is 21.4. The van der Waals surface area contributed by atoms with Gasteiger partial charge in [-0.2, -0.15) is 8.42 Å². The second-order valence-electron chi connectivity index (χ2n) is 7.46. The topological polar surface area (TPSA) is 120 Å². The van der Waals surface area contributed by atoms with Gasteiger partial charge in [0.2, 0.25) is 0 Å². The Kier molecular flexibility index (Phi) is 3.71. The zero-order valence-corrected chi connectivity index (χ0v) is 16.8. The summed E-state index contributed by atoms with van der Waals surface area (Å²) in [6.07, 6.45) is 0. The Hall–Kier alpha value is -3.49. The number of aromatic nitrogens is 2. The number of H-pyrrole nitrogens is 2. The second-order valence-corrected chi connectivity index (χ2v) is 8.85. The molecule has 0 aliphatic heterocycles. The molecule has 0 radical (unpaired) electrons. The first kappa shape index (κ1) is 18.5. The summed E-state index contributed by atoms with van der Waals surface area (Å²) in [6.45, 7) is 3.64. The molecule has 2 aromatic heterocycles. The van der Waals surface area contributed by atoms with Gasteiger partial charge in [0, 0.05) is 21.7 Å². The lowest BCUT2D eigenvalue weighted by atomic mass is 10.00. The number of hydrogen-bond acceptors (Lipinski definition) is 4. The largest absolute Gasteiger partial charge is 0.354 e. The summed E-state index contributed by atoms with van der Waals surface area (Å²) in [5.41, 5.74) is 2.52. The highest BCUT2D eigenvalue weighted by atomic mass is 32.2. The summed E-state index contributed by atoms with van der Waals surface area (Å²) in [7, 11) is -4.55. The molecule has 0 fully saturated rings. The standard InChI is InChI=1S/C22H16N2O5S/c1-10-6-7-15-13(8-10)21(25)14-9-16-18(11(2)19(14)23-15)22(26)12-4-3-5-17(20(12)24-16)30(27,28)29/h3-9H,1-2H3,(H,23,25)(H,24,26)(H,27,28,29). The van der Waals surface area contributed by atoms with Crippen molar-refractivity contribution in [2.75, 3.05) is 0 Å². The van der Waals surface area contributed by atoms with Crippen LogP contribution in [0, 0.1) is 13.8 Å². The Morgan fingerprint density at radius 2 is 1.53 bits per heavy atom. The smallest absolute Gasteiger partial charge is 0.296 e. The minimum atomic E-state index is -4.55. The average molecular weight is 420 g/mol. The molecule has 30 heavy (non-hydrogen) atoms. The molecule has 0 unspecified atom stereocenters. The van der Waals surface area contributed by atoms with Crippen LogP contribution >= 0.6 is 0 Å². The van der Waals surface area contributed by atoms with E-state index in [1.54, 1.807) is 19.1 Å². The molecule has 0 aliphatic carbocycles. The molecule has 3 N–H and O–H groups in total. The van der Waals surface area contributed by atoms with Crippen molar-refractivity contribution in [1.82, 2.24) is 9.97 Å². The van der Waals surface area contributed by atoms with Gasteiger partial charge in [0.15, 0.2) is 10.9 Å². The van der Waals surface area contributed by atoms with Crippen molar-refractivity contribution in [3.8, 4) is 0 Å². The lowest BCUT2D eigenvalue weighted by Gasteiger charge is -2.11. The van der Waals surface area contributed by atoms with Gasteiger partial charge in [-0.05, 0) is 49.7 Å². The van der Waals surface area contributed by atoms with Crippen molar-refractivity contribution in [2.45, 2.75) is 18.7 Å². The average Bonchev–Trinajstić information content (AvgIpc) is 2.68. The third-order valence-corrected chi connectivity index (χ3v) is 6.43. The van der Waals surface area contributed by atoms with Gasteiger partial charge >= 0.3 is 0 Å². The van der Waals surface area contributed by atoms with Crippen molar-refractivity contribution >= 4 is 53.7 Å². The number of pyridine rings is 2. The van der Waals surface area contributed by atoms with Crippen LogP contribution in [0.15, 0.2) is 56.9 Å². The van der Waals surface area contributed by atoms with Gasteiger partial charge in [0.05, 0.1) is 21.9 Å². The number of hydrogen-bond donors (Lipinski definition) is 3. The molecule has 0 spiro atoms. The molecular formula is C22H16N2O5S. The third-order valence-electron chi connectivity index (χ3n) is 5.54. The summed E-state index contributed by atoms with van der Waals surface area (Å²) < 4.78 is 33.1. The first-order valence-electron chi connectivity index (χ1n) is 9.19. The Morgan fingerprint density at radius 3 is 2.27 bits per heavy atom. The molecule has 0 saturated carbocycles. The van der Waals surface area contributed by atoms with Crippen LogP contribution in [0.2, 0.25) is 0 Å². The number of para-hydroxylation sites is 1. The van der Waals surface area contributed by atoms with Crippen LogP contribution in [0.3, 0.4) is 0 Å². The quantitative estimate of drug-likeness (QED) is 0.283. The number of aromatic amines is 2. The molecule has 0 amide bonds. The van der Waals surface area contributed by atoms with Crippen molar-refractivity contribution in [3.63, 3.8) is 0 Å². The molecule has 0 atom stereocenters. The molecule has 2 heterocycles. The summed E-state index contributed by atoms with van der Waals surface area (Å²) in [5, 5.41) is 1.41. The fourth-order valence-corrected chi connectivity index (χ4v) is 4.79. The Morgan fingerprint density at radius 1 is 0.800 bits per heavy atom. The summed E-state index contributed by atoms with van der Waals surface area (Å²) in [4.78, 5) is 32.2. The molecule has 0 saturated heterocycles. The van der Waals surface area contributed by atoms with Crippen LogP contribution in [0.4, 0.5) is 0 Å². The van der Waals surface area contributed by atoms with Gasteiger partial charge in [-0.1, -0.05) is 17.7 Å². The normalized spacial score (nSPS) is 12.4. The van der Waals surface area contributed by atoms with Gasteiger partial charge in [-0.15, -0.1) is 0 Å². The van der Waals surface area contributed by atoms with Crippen LogP contribution in [0.1, 0.15) is 11.1 Å². The number of fused-ring (bicyclic) bond motifs is 4. The SMILES string of the molecule is Cc1ccc2[nH]c3c(C)c4c(=O)c5cccc(S(=O)(=O)O)c5[nH]c4cc3c(=O)c2c1. The van der Waals surface area contributed by atoms with Gasteiger partial charge in [0.1, 0.15) is 4.90 Å². The van der Waals surface area contributed by atoms with Crippen molar-refractivity contribution in [1.29, 1.82) is 0 Å². The molecule has 5 aromatic rings.